The van der Waals surface area contributed by atoms with Gasteiger partial charge >= 0.3 is 0 Å². The summed E-state index contributed by atoms with van der Waals surface area (Å²) in [5.41, 5.74) is 2.42. The molecule has 0 aromatic heterocycles. The summed E-state index contributed by atoms with van der Waals surface area (Å²) in [6.45, 7) is 4.14. The van der Waals surface area contributed by atoms with E-state index in [-0.39, 0.29) is 34.0 Å². The minimum atomic E-state index is 0. The SMILES string of the molecule is Br.Br.Cc1c(Br)c(C)c(Br)c(Br)c1Br. The lowest BCUT2D eigenvalue weighted by Crippen LogP contribution is -1.87. The van der Waals surface area contributed by atoms with Gasteiger partial charge < -0.3 is 0 Å². The zero-order valence-electron chi connectivity index (χ0n) is 7.33. The van der Waals surface area contributed by atoms with Crippen molar-refractivity contribution in [2.75, 3.05) is 0 Å². The van der Waals surface area contributed by atoms with Crippen molar-refractivity contribution in [3.8, 4) is 0 Å². The van der Waals surface area contributed by atoms with Gasteiger partial charge in [-0.05, 0) is 72.8 Å². The summed E-state index contributed by atoms with van der Waals surface area (Å²) in [5, 5.41) is 0. The van der Waals surface area contributed by atoms with Gasteiger partial charge in [0.15, 0.2) is 0 Å². The molecule has 0 bridgehead atoms. The molecule has 0 N–H and O–H groups in total. The fourth-order valence-corrected chi connectivity index (χ4v) is 3.48. The number of hydrogen-bond acceptors (Lipinski definition) is 0. The molecule has 14 heavy (non-hydrogen) atoms. The van der Waals surface area contributed by atoms with Crippen molar-refractivity contribution >= 4 is 97.7 Å². The van der Waals surface area contributed by atoms with Crippen molar-refractivity contribution in [2.24, 2.45) is 0 Å². The second-order valence-electron chi connectivity index (χ2n) is 2.51. The lowest BCUT2D eigenvalue weighted by atomic mass is 10.2. The van der Waals surface area contributed by atoms with Gasteiger partial charge in [-0.2, -0.15) is 0 Å². The summed E-state index contributed by atoms with van der Waals surface area (Å²) in [7, 11) is 0. The van der Waals surface area contributed by atoms with Gasteiger partial charge in [-0.15, -0.1) is 34.0 Å². The molecule has 0 saturated carbocycles. The Bertz CT molecular complexity index is 228. The second kappa shape index (κ2) is 7.43. The maximum Gasteiger partial charge on any atom is 0.0465 e. The molecule has 6 heteroatoms. The average molecular weight is 584 g/mol. The quantitative estimate of drug-likeness (QED) is 0.242. The summed E-state index contributed by atoms with van der Waals surface area (Å²) in [4.78, 5) is 0. The number of benzene rings is 1. The average Bonchev–Trinajstić information content (AvgIpc) is 2.08. The first-order valence-corrected chi connectivity index (χ1v) is 6.43. The first kappa shape index (κ1) is 18.5. The van der Waals surface area contributed by atoms with Crippen LogP contribution in [0.25, 0.3) is 0 Å². The largest absolute Gasteiger partial charge is 0.114 e. The molecule has 0 aliphatic carbocycles. The Morgan fingerprint density at radius 1 is 0.571 bits per heavy atom. The maximum absolute atomic E-state index is 3.53. The summed E-state index contributed by atoms with van der Waals surface area (Å²) < 4.78 is 4.39. The van der Waals surface area contributed by atoms with E-state index in [4.69, 9.17) is 0 Å². The molecule has 0 fully saturated rings. The minimum absolute atomic E-state index is 0. The molecule has 0 saturated heterocycles. The normalized spacial score (nSPS) is 9.00. The number of hydrogen-bond donors (Lipinski definition) is 0. The summed E-state index contributed by atoms with van der Waals surface area (Å²) in [6.07, 6.45) is 0. The van der Waals surface area contributed by atoms with Crippen LogP contribution in [0, 0.1) is 13.8 Å². The maximum atomic E-state index is 3.53. The molecule has 0 nitrogen and oxygen atoms in total. The molecule has 0 aliphatic rings. The van der Waals surface area contributed by atoms with E-state index in [1.165, 1.54) is 11.1 Å². The van der Waals surface area contributed by atoms with E-state index in [1.54, 1.807) is 0 Å². The summed E-state index contributed by atoms with van der Waals surface area (Å²) in [5.74, 6) is 0. The summed E-state index contributed by atoms with van der Waals surface area (Å²) >= 11 is 14.1. The summed E-state index contributed by atoms with van der Waals surface area (Å²) in [6, 6.07) is 0. The van der Waals surface area contributed by atoms with Crippen LogP contribution in [0.3, 0.4) is 0 Å². The zero-order valence-corrected chi connectivity index (χ0v) is 17.1. The van der Waals surface area contributed by atoms with Gasteiger partial charge in [-0.1, -0.05) is 15.9 Å². The van der Waals surface area contributed by atoms with Gasteiger partial charge in [-0.3, -0.25) is 0 Å². The molecule has 0 heterocycles. The highest BCUT2D eigenvalue weighted by molar-refractivity contribution is 9.14. The Kier molecular flexibility index (Phi) is 9.80. The molecule has 0 spiro atoms. The monoisotopic (exact) mass is 578 g/mol. The van der Waals surface area contributed by atoms with Crippen LogP contribution >= 0.6 is 97.7 Å². The van der Waals surface area contributed by atoms with Crippen LogP contribution in [0.1, 0.15) is 11.1 Å². The van der Waals surface area contributed by atoms with Crippen LogP contribution in [0.15, 0.2) is 17.9 Å². The highest BCUT2D eigenvalue weighted by Crippen LogP contribution is 2.40. The molecule has 0 amide bonds. The topological polar surface area (TPSA) is 0 Å². The van der Waals surface area contributed by atoms with Crippen LogP contribution in [-0.2, 0) is 0 Å². The first-order chi connectivity index (χ1) is 5.46. The standard InChI is InChI=1S/C8H6Br4.2BrH/c1-3-5(9)4(2)7(11)8(12)6(3)10;;/h1-2H3;2*1H. The van der Waals surface area contributed by atoms with Crippen LogP contribution in [0.2, 0.25) is 0 Å². The molecule has 1 aromatic carbocycles. The van der Waals surface area contributed by atoms with Crippen molar-refractivity contribution in [1.29, 1.82) is 0 Å². The Balaban J connectivity index is 0. The minimum Gasteiger partial charge on any atom is -0.114 e. The lowest BCUT2D eigenvalue weighted by molar-refractivity contribution is 1.27. The highest BCUT2D eigenvalue weighted by Gasteiger charge is 2.12. The fraction of sp³-hybridized carbons (Fsp3) is 0.250. The number of halogens is 6. The molecular formula is C8H8Br6. The smallest absolute Gasteiger partial charge is 0.0465 e. The van der Waals surface area contributed by atoms with Gasteiger partial charge in [0.25, 0.3) is 0 Å². The molecule has 1 aromatic rings. The molecule has 0 aliphatic heterocycles. The third kappa shape index (κ3) is 3.55. The van der Waals surface area contributed by atoms with E-state index >= 15 is 0 Å². The Hall–Kier alpha value is 2.10. The van der Waals surface area contributed by atoms with Gasteiger partial charge in [0.2, 0.25) is 0 Å². The third-order valence-corrected chi connectivity index (χ3v) is 6.73. The Morgan fingerprint density at radius 3 is 1.14 bits per heavy atom. The van der Waals surface area contributed by atoms with Gasteiger partial charge in [0, 0.05) is 17.9 Å². The highest BCUT2D eigenvalue weighted by atomic mass is 79.9. The van der Waals surface area contributed by atoms with Crippen molar-refractivity contribution in [3.05, 3.63) is 29.0 Å². The predicted molar refractivity (Wildman–Crippen MR) is 87.4 cm³/mol. The van der Waals surface area contributed by atoms with Crippen LogP contribution in [-0.4, -0.2) is 0 Å². The van der Waals surface area contributed by atoms with E-state index in [0.29, 0.717) is 0 Å². The van der Waals surface area contributed by atoms with Gasteiger partial charge in [0.1, 0.15) is 0 Å². The second-order valence-corrected chi connectivity index (χ2v) is 5.68. The number of rotatable bonds is 0. The van der Waals surface area contributed by atoms with Crippen LogP contribution in [0.4, 0.5) is 0 Å². The van der Waals surface area contributed by atoms with Gasteiger partial charge in [0.05, 0.1) is 0 Å². The van der Waals surface area contributed by atoms with E-state index < -0.39 is 0 Å². The molecule has 0 radical (unpaired) electrons. The van der Waals surface area contributed by atoms with Crippen molar-refractivity contribution < 1.29 is 0 Å². The van der Waals surface area contributed by atoms with Gasteiger partial charge in [-0.25, -0.2) is 0 Å². The van der Waals surface area contributed by atoms with E-state index in [1.807, 2.05) is 0 Å². The molecular weight excluding hydrogens is 576 g/mol. The zero-order chi connectivity index (χ0) is 9.46. The van der Waals surface area contributed by atoms with Crippen LogP contribution in [0.5, 0.6) is 0 Å². The Morgan fingerprint density at radius 2 is 0.857 bits per heavy atom. The Labute approximate surface area is 139 Å². The van der Waals surface area contributed by atoms with E-state index in [0.717, 1.165) is 17.9 Å². The first-order valence-electron chi connectivity index (χ1n) is 3.26. The predicted octanol–water partition coefficient (Wildman–Crippen LogP) is 6.51. The third-order valence-electron chi connectivity index (χ3n) is 1.70. The fourth-order valence-electron chi connectivity index (χ4n) is 0.900. The van der Waals surface area contributed by atoms with Crippen molar-refractivity contribution in [3.63, 3.8) is 0 Å². The molecule has 82 valence electrons. The molecule has 0 atom stereocenters. The lowest BCUT2D eigenvalue weighted by Gasteiger charge is -2.10. The van der Waals surface area contributed by atoms with E-state index in [9.17, 15) is 0 Å². The molecule has 1 rings (SSSR count). The molecule has 0 unspecified atom stereocenters. The van der Waals surface area contributed by atoms with Crippen LogP contribution < -0.4 is 0 Å². The van der Waals surface area contributed by atoms with E-state index in [2.05, 4.69) is 77.6 Å². The van der Waals surface area contributed by atoms with Crippen molar-refractivity contribution in [2.45, 2.75) is 13.8 Å². The van der Waals surface area contributed by atoms with Crippen molar-refractivity contribution in [1.82, 2.24) is 0 Å².